The van der Waals surface area contributed by atoms with Crippen LogP contribution in [0.15, 0.2) is 16.8 Å². The Hall–Kier alpha value is -1.82. The van der Waals surface area contributed by atoms with E-state index in [0.717, 1.165) is 12.8 Å². The minimum atomic E-state index is 0.120. The molecule has 0 saturated heterocycles. The van der Waals surface area contributed by atoms with Gasteiger partial charge in [0.25, 0.3) is 0 Å². The van der Waals surface area contributed by atoms with Crippen LogP contribution >= 0.6 is 0 Å². The van der Waals surface area contributed by atoms with Crippen LogP contribution in [0.2, 0.25) is 0 Å². The number of rotatable bonds is 2. The maximum Gasteiger partial charge on any atom is 0.231 e. The van der Waals surface area contributed by atoms with Gasteiger partial charge in [0.05, 0.1) is 5.92 Å². The fourth-order valence-electron chi connectivity index (χ4n) is 2.54. The topological polar surface area (TPSA) is 90.7 Å². The Morgan fingerprint density at radius 1 is 1.26 bits per heavy atom. The van der Waals surface area contributed by atoms with Crippen LogP contribution in [0.3, 0.4) is 0 Å². The van der Waals surface area contributed by atoms with E-state index in [1.807, 2.05) is 6.92 Å². The van der Waals surface area contributed by atoms with Crippen LogP contribution in [-0.4, -0.2) is 26.2 Å². The van der Waals surface area contributed by atoms with Crippen LogP contribution in [0.4, 0.5) is 0 Å². The minimum Gasteiger partial charge on any atom is -0.339 e. The van der Waals surface area contributed by atoms with Crippen molar-refractivity contribution in [3.63, 3.8) is 0 Å². The highest BCUT2D eigenvalue weighted by molar-refractivity contribution is 5.47. The number of nitrogens with zero attached hydrogens (tertiary/aromatic N) is 4. The monoisotopic (exact) mass is 259 g/mol. The first kappa shape index (κ1) is 12.2. The number of hydrogen-bond donors (Lipinski definition) is 1. The van der Waals surface area contributed by atoms with Crippen molar-refractivity contribution in [3.05, 3.63) is 24.0 Å². The fraction of sp³-hybridized carbons (Fsp3) is 0.538. The van der Waals surface area contributed by atoms with Crippen LogP contribution in [0.5, 0.6) is 0 Å². The van der Waals surface area contributed by atoms with Gasteiger partial charge < -0.3 is 10.3 Å². The summed E-state index contributed by atoms with van der Waals surface area (Å²) in [4.78, 5) is 12.8. The molecular weight excluding hydrogens is 242 g/mol. The predicted molar refractivity (Wildman–Crippen MR) is 69.2 cm³/mol. The molecule has 2 heterocycles. The largest absolute Gasteiger partial charge is 0.339 e. The summed E-state index contributed by atoms with van der Waals surface area (Å²) < 4.78 is 5.37. The zero-order chi connectivity index (χ0) is 13.2. The van der Waals surface area contributed by atoms with Gasteiger partial charge in [-0.05, 0) is 25.8 Å². The molecule has 6 heteroatoms. The lowest BCUT2D eigenvalue weighted by molar-refractivity contribution is 0.290. The van der Waals surface area contributed by atoms with Gasteiger partial charge in [-0.3, -0.25) is 0 Å². The molecule has 1 saturated carbocycles. The van der Waals surface area contributed by atoms with E-state index in [-0.39, 0.29) is 12.0 Å². The molecule has 0 spiro atoms. The molecule has 0 bridgehead atoms. The second-order valence-electron chi connectivity index (χ2n) is 5.00. The number of nitrogens with two attached hydrogens (primary N) is 1. The van der Waals surface area contributed by atoms with E-state index in [0.29, 0.717) is 23.2 Å². The van der Waals surface area contributed by atoms with E-state index in [4.69, 9.17) is 10.3 Å². The molecule has 100 valence electrons. The van der Waals surface area contributed by atoms with Gasteiger partial charge in [0.15, 0.2) is 0 Å². The van der Waals surface area contributed by atoms with Crippen LogP contribution in [0.1, 0.15) is 43.3 Å². The van der Waals surface area contributed by atoms with Crippen molar-refractivity contribution in [1.82, 2.24) is 20.1 Å². The third-order valence-corrected chi connectivity index (χ3v) is 3.58. The normalized spacial score (nSPS) is 23.5. The smallest absolute Gasteiger partial charge is 0.231 e. The fourth-order valence-corrected chi connectivity index (χ4v) is 2.54. The van der Waals surface area contributed by atoms with Gasteiger partial charge in [-0.1, -0.05) is 18.0 Å². The first-order valence-electron chi connectivity index (χ1n) is 6.63. The molecule has 0 radical (unpaired) electrons. The molecule has 0 aromatic carbocycles. The lowest BCUT2D eigenvalue weighted by Crippen LogP contribution is -2.31. The first-order valence-corrected chi connectivity index (χ1v) is 6.63. The van der Waals surface area contributed by atoms with Crippen molar-refractivity contribution in [3.8, 4) is 11.5 Å². The maximum atomic E-state index is 6.13. The van der Waals surface area contributed by atoms with E-state index < -0.39 is 0 Å². The predicted octanol–water partition coefficient (Wildman–Crippen LogP) is 1.82. The van der Waals surface area contributed by atoms with Crippen molar-refractivity contribution < 1.29 is 4.52 Å². The molecule has 6 nitrogen and oxygen atoms in total. The summed E-state index contributed by atoms with van der Waals surface area (Å²) >= 11 is 0. The summed E-state index contributed by atoms with van der Waals surface area (Å²) in [5, 5.41) is 4.01. The minimum absolute atomic E-state index is 0.120. The molecule has 2 N–H and O–H groups in total. The first-order chi connectivity index (χ1) is 9.24. The number of aryl methyl sites for hydroxylation is 1. The molecule has 0 amide bonds. The molecule has 0 aliphatic heterocycles. The van der Waals surface area contributed by atoms with Gasteiger partial charge in [-0.2, -0.15) is 4.98 Å². The molecule has 1 aliphatic carbocycles. The van der Waals surface area contributed by atoms with Gasteiger partial charge in [0.1, 0.15) is 11.5 Å². The summed E-state index contributed by atoms with van der Waals surface area (Å²) in [5.41, 5.74) is 6.82. The second-order valence-corrected chi connectivity index (χ2v) is 5.00. The molecule has 2 aromatic rings. The van der Waals surface area contributed by atoms with E-state index in [2.05, 4.69) is 20.1 Å². The van der Waals surface area contributed by atoms with E-state index >= 15 is 0 Å². The van der Waals surface area contributed by atoms with Crippen molar-refractivity contribution in [1.29, 1.82) is 0 Å². The van der Waals surface area contributed by atoms with Crippen LogP contribution < -0.4 is 5.73 Å². The Balaban J connectivity index is 1.86. The highest BCUT2D eigenvalue weighted by Gasteiger charge is 2.28. The van der Waals surface area contributed by atoms with E-state index in [1.54, 1.807) is 12.3 Å². The number of aromatic nitrogens is 4. The van der Waals surface area contributed by atoms with E-state index in [1.165, 1.54) is 12.8 Å². The SMILES string of the molecule is Cc1nccc(-c2noc(C3CCCCC3N)n2)n1. The van der Waals surface area contributed by atoms with Crippen molar-refractivity contribution >= 4 is 0 Å². The summed E-state index contributed by atoms with van der Waals surface area (Å²) in [6.45, 7) is 1.83. The highest BCUT2D eigenvalue weighted by atomic mass is 16.5. The summed E-state index contributed by atoms with van der Waals surface area (Å²) in [7, 11) is 0. The summed E-state index contributed by atoms with van der Waals surface area (Å²) in [6.07, 6.45) is 6.09. The van der Waals surface area contributed by atoms with Crippen molar-refractivity contribution in [2.75, 3.05) is 0 Å². The summed E-state index contributed by atoms with van der Waals surface area (Å²) in [5.74, 6) is 2.02. The summed E-state index contributed by atoms with van der Waals surface area (Å²) in [6, 6.07) is 1.90. The second kappa shape index (κ2) is 5.05. The van der Waals surface area contributed by atoms with Crippen LogP contribution in [-0.2, 0) is 0 Å². The molecular formula is C13H17N5O. The molecule has 3 rings (SSSR count). The zero-order valence-electron chi connectivity index (χ0n) is 10.9. The van der Waals surface area contributed by atoms with Gasteiger partial charge in [0, 0.05) is 12.2 Å². The molecule has 2 aromatic heterocycles. The Morgan fingerprint density at radius 3 is 2.89 bits per heavy atom. The molecule has 1 fully saturated rings. The average molecular weight is 259 g/mol. The van der Waals surface area contributed by atoms with Gasteiger partial charge >= 0.3 is 0 Å². The van der Waals surface area contributed by atoms with E-state index in [9.17, 15) is 0 Å². The standard InChI is InChI=1S/C13H17N5O/c1-8-15-7-6-11(16-8)12-17-13(19-18-12)9-4-2-3-5-10(9)14/h6-7,9-10H,2-5,14H2,1H3. The van der Waals surface area contributed by atoms with Crippen LogP contribution in [0, 0.1) is 6.92 Å². The van der Waals surface area contributed by atoms with Crippen molar-refractivity contribution in [2.45, 2.75) is 44.6 Å². The number of hydrogen-bond acceptors (Lipinski definition) is 6. The van der Waals surface area contributed by atoms with Crippen LogP contribution in [0.25, 0.3) is 11.5 Å². The Labute approximate surface area is 111 Å². The lowest BCUT2D eigenvalue weighted by Gasteiger charge is -2.25. The van der Waals surface area contributed by atoms with Gasteiger partial charge in [-0.25, -0.2) is 9.97 Å². The highest BCUT2D eigenvalue weighted by Crippen LogP contribution is 2.31. The third-order valence-electron chi connectivity index (χ3n) is 3.58. The van der Waals surface area contributed by atoms with Gasteiger partial charge in [-0.15, -0.1) is 0 Å². The molecule has 1 aliphatic rings. The van der Waals surface area contributed by atoms with Gasteiger partial charge in [0.2, 0.25) is 11.7 Å². The zero-order valence-corrected chi connectivity index (χ0v) is 10.9. The van der Waals surface area contributed by atoms with Crippen molar-refractivity contribution in [2.24, 2.45) is 5.73 Å². The maximum absolute atomic E-state index is 6.13. The Kier molecular flexibility index (Phi) is 3.25. The molecule has 2 unspecified atom stereocenters. The lowest BCUT2D eigenvalue weighted by atomic mass is 9.85. The third kappa shape index (κ3) is 2.49. The Morgan fingerprint density at radius 2 is 2.11 bits per heavy atom. The Bertz CT molecular complexity index is 568. The molecule has 2 atom stereocenters. The average Bonchev–Trinajstić information content (AvgIpc) is 2.89. The molecule has 19 heavy (non-hydrogen) atoms. The quantitative estimate of drug-likeness (QED) is 0.884.